The molecule has 1 atom stereocenters. The van der Waals surface area contributed by atoms with E-state index in [9.17, 15) is 19.5 Å². The fourth-order valence-electron chi connectivity index (χ4n) is 0.924. The number of aliphatic hydroxyl groups is 1. The molecule has 0 saturated heterocycles. The van der Waals surface area contributed by atoms with Crippen molar-refractivity contribution in [2.45, 2.75) is 18.4 Å². The number of hydrogen-bond donors (Lipinski definition) is 6. The van der Waals surface area contributed by atoms with E-state index >= 15 is 0 Å². The number of hydrogen-bond acceptors (Lipinski definition) is 6. The maximum atomic E-state index is 11.1. The number of nitrogens with two attached hydrogens (primary N) is 2. The predicted molar refractivity (Wildman–Crippen MR) is 46.5 cm³/mol. The molecule has 9 heteroatoms. The second-order valence-corrected chi connectivity index (χ2v) is 2.82. The fraction of sp³-hybridized carbons (Fsp3) is 0.500. The van der Waals surface area contributed by atoms with Crippen LogP contribution >= 0.6 is 0 Å². The predicted octanol–water partition coefficient (Wildman–Crippen LogP) is -3.44. The zero-order chi connectivity index (χ0) is 12.1. The van der Waals surface area contributed by atoms with Crippen LogP contribution in [0.15, 0.2) is 0 Å². The van der Waals surface area contributed by atoms with E-state index in [0.29, 0.717) is 0 Å². The van der Waals surface area contributed by atoms with E-state index in [-0.39, 0.29) is 0 Å². The second kappa shape index (κ2) is 5.24. The van der Waals surface area contributed by atoms with Gasteiger partial charge in [0.05, 0.1) is 12.8 Å². The van der Waals surface area contributed by atoms with Crippen LogP contribution in [0.5, 0.6) is 0 Å². The van der Waals surface area contributed by atoms with Crippen LogP contribution in [0.4, 0.5) is 0 Å². The largest absolute Gasteiger partial charge is 0.481 e. The van der Waals surface area contributed by atoms with Gasteiger partial charge in [-0.1, -0.05) is 0 Å². The molecule has 8 N–H and O–H groups in total. The Labute approximate surface area is 84.4 Å². The molecule has 1 unspecified atom stereocenters. The lowest BCUT2D eigenvalue weighted by molar-refractivity contribution is -0.155. The SMILES string of the molecule is NNC(=O)CC(O)(CC(=O)O)C(=O)NN. The normalized spacial score (nSPS) is 13.8. The van der Waals surface area contributed by atoms with Crippen molar-refractivity contribution >= 4 is 17.8 Å². The van der Waals surface area contributed by atoms with Crippen molar-refractivity contribution in [3.8, 4) is 0 Å². The number of hydrazine groups is 2. The third-order valence-electron chi connectivity index (χ3n) is 1.61. The maximum absolute atomic E-state index is 11.1. The molecule has 0 radical (unpaired) electrons. The van der Waals surface area contributed by atoms with Crippen LogP contribution in [-0.4, -0.2) is 33.6 Å². The summed E-state index contributed by atoms with van der Waals surface area (Å²) in [7, 11) is 0. The standard InChI is InChI=1S/C6H12N4O5/c7-9-3(11)1-6(15,2-4(12)13)5(14)10-8/h15H,1-2,7-8H2,(H,9,11)(H,10,14)(H,12,13). The summed E-state index contributed by atoms with van der Waals surface area (Å²) in [6, 6.07) is 0. The zero-order valence-electron chi connectivity index (χ0n) is 7.69. The van der Waals surface area contributed by atoms with Gasteiger partial charge in [0.25, 0.3) is 5.91 Å². The molecule has 86 valence electrons. The van der Waals surface area contributed by atoms with Gasteiger partial charge in [-0.25, -0.2) is 11.7 Å². The molecular formula is C6H12N4O5. The van der Waals surface area contributed by atoms with Crippen LogP contribution < -0.4 is 22.5 Å². The second-order valence-electron chi connectivity index (χ2n) is 2.82. The molecule has 0 spiro atoms. The number of carbonyl (C=O) groups excluding carboxylic acids is 2. The summed E-state index contributed by atoms with van der Waals surface area (Å²) in [6.45, 7) is 0. The number of amides is 2. The highest BCUT2D eigenvalue weighted by atomic mass is 16.4. The van der Waals surface area contributed by atoms with Crippen LogP contribution in [0, 0.1) is 0 Å². The van der Waals surface area contributed by atoms with Crippen LogP contribution in [0.1, 0.15) is 12.8 Å². The monoisotopic (exact) mass is 220 g/mol. The Morgan fingerprint density at radius 3 is 2.00 bits per heavy atom. The van der Waals surface area contributed by atoms with Crippen molar-refractivity contribution in [1.82, 2.24) is 10.9 Å². The third kappa shape index (κ3) is 3.89. The number of carboxylic acid groups (broad SMARTS) is 1. The lowest BCUT2D eigenvalue weighted by Crippen LogP contribution is -2.53. The van der Waals surface area contributed by atoms with E-state index in [4.69, 9.17) is 16.8 Å². The number of carbonyl (C=O) groups is 3. The van der Waals surface area contributed by atoms with Crippen LogP contribution in [0.2, 0.25) is 0 Å². The maximum Gasteiger partial charge on any atom is 0.306 e. The number of carboxylic acids is 1. The van der Waals surface area contributed by atoms with E-state index < -0.39 is 36.2 Å². The summed E-state index contributed by atoms with van der Waals surface area (Å²) in [5.74, 6) is 5.95. The van der Waals surface area contributed by atoms with Crippen molar-refractivity contribution in [2.24, 2.45) is 11.7 Å². The van der Waals surface area contributed by atoms with Crippen molar-refractivity contribution in [3.63, 3.8) is 0 Å². The molecule has 0 aromatic rings. The molecule has 0 aliphatic rings. The van der Waals surface area contributed by atoms with Crippen molar-refractivity contribution in [1.29, 1.82) is 0 Å². The Kier molecular flexibility index (Phi) is 4.64. The Bertz CT molecular complexity index is 281. The lowest BCUT2D eigenvalue weighted by atomic mass is 9.94. The third-order valence-corrected chi connectivity index (χ3v) is 1.61. The molecule has 0 bridgehead atoms. The van der Waals surface area contributed by atoms with Gasteiger partial charge >= 0.3 is 5.97 Å². The van der Waals surface area contributed by atoms with Gasteiger partial charge in [0.1, 0.15) is 0 Å². The van der Waals surface area contributed by atoms with Crippen molar-refractivity contribution in [3.05, 3.63) is 0 Å². The lowest BCUT2D eigenvalue weighted by Gasteiger charge is -2.22. The fourth-order valence-corrected chi connectivity index (χ4v) is 0.924. The Balaban J connectivity index is 4.76. The molecule has 0 aromatic heterocycles. The summed E-state index contributed by atoms with van der Waals surface area (Å²) in [4.78, 5) is 32.2. The van der Waals surface area contributed by atoms with Gasteiger partial charge < -0.3 is 10.2 Å². The van der Waals surface area contributed by atoms with Crippen LogP contribution in [-0.2, 0) is 14.4 Å². The molecule has 0 saturated carbocycles. The Morgan fingerprint density at radius 2 is 1.67 bits per heavy atom. The molecular weight excluding hydrogens is 208 g/mol. The first-order valence-electron chi connectivity index (χ1n) is 3.80. The number of aliphatic carboxylic acids is 1. The topological polar surface area (TPSA) is 168 Å². The average molecular weight is 220 g/mol. The summed E-state index contributed by atoms with van der Waals surface area (Å²) >= 11 is 0. The number of rotatable bonds is 5. The van der Waals surface area contributed by atoms with Crippen molar-refractivity contribution in [2.75, 3.05) is 0 Å². The highest BCUT2D eigenvalue weighted by Crippen LogP contribution is 2.15. The first-order valence-corrected chi connectivity index (χ1v) is 3.80. The molecule has 0 aliphatic carbocycles. The Morgan fingerprint density at radius 1 is 1.13 bits per heavy atom. The van der Waals surface area contributed by atoms with Gasteiger partial charge in [-0.3, -0.25) is 25.2 Å². The van der Waals surface area contributed by atoms with Gasteiger partial charge in [0, 0.05) is 0 Å². The van der Waals surface area contributed by atoms with Gasteiger partial charge in [-0.05, 0) is 0 Å². The minimum atomic E-state index is -2.41. The highest BCUT2D eigenvalue weighted by molar-refractivity contribution is 5.93. The molecule has 0 aromatic carbocycles. The summed E-state index contributed by atoms with van der Waals surface area (Å²) in [6.07, 6.45) is -1.75. The van der Waals surface area contributed by atoms with Gasteiger partial charge in [0.2, 0.25) is 5.91 Å². The van der Waals surface area contributed by atoms with E-state index in [2.05, 4.69) is 0 Å². The van der Waals surface area contributed by atoms with Gasteiger partial charge in [-0.15, -0.1) is 0 Å². The molecule has 2 amide bonds. The van der Waals surface area contributed by atoms with E-state index in [0.717, 1.165) is 0 Å². The first-order chi connectivity index (χ1) is 6.85. The molecule has 15 heavy (non-hydrogen) atoms. The van der Waals surface area contributed by atoms with E-state index in [1.54, 1.807) is 10.9 Å². The average Bonchev–Trinajstić information content (AvgIpc) is 2.14. The van der Waals surface area contributed by atoms with Crippen molar-refractivity contribution < 1.29 is 24.6 Å². The van der Waals surface area contributed by atoms with Crippen LogP contribution in [0.25, 0.3) is 0 Å². The molecule has 0 heterocycles. The summed E-state index contributed by atoms with van der Waals surface area (Å²) < 4.78 is 0. The molecule has 0 fully saturated rings. The van der Waals surface area contributed by atoms with Crippen LogP contribution in [0.3, 0.4) is 0 Å². The minimum absolute atomic E-state index is 0.793. The smallest absolute Gasteiger partial charge is 0.306 e. The zero-order valence-corrected chi connectivity index (χ0v) is 7.69. The Hall–Kier alpha value is -1.71. The molecule has 0 aliphatic heterocycles. The first kappa shape index (κ1) is 13.3. The highest BCUT2D eigenvalue weighted by Gasteiger charge is 2.40. The van der Waals surface area contributed by atoms with E-state index in [1.165, 1.54) is 0 Å². The summed E-state index contributed by atoms with van der Waals surface area (Å²) in [5, 5.41) is 18.0. The number of nitrogens with one attached hydrogen (secondary N) is 2. The van der Waals surface area contributed by atoms with Gasteiger partial charge in [0.15, 0.2) is 5.60 Å². The minimum Gasteiger partial charge on any atom is -0.481 e. The molecule has 9 nitrogen and oxygen atoms in total. The quantitative estimate of drug-likeness (QED) is 0.159. The summed E-state index contributed by atoms with van der Waals surface area (Å²) in [5.41, 5.74) is 0.815. The van der Waals surface area contributed by atoms with Gasteiger partial charge in [-0.2, -0.15) is 0 Å². The molecule has 0 rings (SSSR count). The van der Waals surface area contributed by atoms with E-state index in [1.807, 2.05) is 0 Å².